The van der Waals surface area contributed by atoms with E-state index in [9.17, 15) is 5.26 Å². The summed E-state index contributed by atoms with van der Waals surface area (Å²) in [5.74, 6) is 1.33. The molecule has 0 radical (unpaired) electrons. The molecule has 158 valence electrons. The van der Waals surface area contributed by atoms with E-state index in [1.165, 1.54) is 0 Å². The molecule has 2 aromatic carbocycles. The van der Waals surface area contributed by atoms with Gasteiger partial charge in [0.15, 0.2) is 0 Å². The van der Waals surface area contributed by atoms with Crippen LogP contribution in [0.2, 0.25) is 0 Å². The lowest BCUT2D eigenvalue weighted by Gasteiger charge is -2.11. The number of hydrogen-bond acceptors (Lipinski definition) is 8. The van der Waals surface area contributed by atoms with Crippen LogP contribution in [-0.4, -0.2) is 40.3 Å². The van der Waals surface area contributed by atoms with Crippen LogP contribution in [0.1, 0.15) is 37.0 Å². The quantitative estimate of drug-likeness (QED) is 0.459. The SMILES string of the molecule is CC(C)Oc1ccc(-c2nc(-c3cccc4c3CC/C4=N/OCCO)no2)cc1C#N. The molecule has 3 aromatic rings. The minimum absolute atomic E-state index is 0.0318. The molecule has 0 spiro atoms. The fraction of sp³-hybridized carbons (Fsp3) is 0.304. The molecule has 1 aliphatic rings. The zero-order valence-corrected chi connectivity index (χ0v) is 17.3. The molecule has 0 unspecified atom stereocenters. The Bertz CT molecular complexity index is 1160. The van der Waals surface area contributed by atoms with Gasteiger partial charge in [0, 0.05) is 16.7 Å². The normalized spacial score (nSPS) is 14.0. The highest BCUT2D eigenvalue weighted by atomic mass is 16.6. The van der Waals surface area contributed by atoms with Crippen molar-refractivity contribution in [3.63, 3.8) is 0 Å². The van der Waals surface area contributed by atoms with Crippen molar-refractivity contribution in [2.24, 2.45) is 5.16 Å². The van der Waals surface area contributed by atoms with Crippen molar-refractivity contribution < 1.29 is 19.2 Å². The monoisotopic (exact) mass is 418 g/mol. The Balaban J connectivity index is 1.64. The molecular weight excluding hydrogens is 396 g/mol. The van der Waals surface area contributed by atoms with Gasteiger partial charge in [0.05, 0.1) is 24.0 Å². The van der Waals surface area contributed by atoms with E-state index >= 15 is 0 Å². The first-order valence-corrected chi connectivity index (χ1v) is 10.1. The van der Waals surface area contributed by atoms with E-state index in [4.69, 9.17) is 19.2 Å². The van der Waals surface area contributed by atoms with Crippen molar-refractivity contribution in [2.75, 3.05) is 13.2 Å². The van der Waals surface area contributed by atoms with E-state index in [0.29, 0.717) is 28.6 Å². The summed E-state index contributed by atoms with van der Waals surface area (Å²) in [6.07, 6.45) is 1.50. The first-order valence-electron chi connectivity index (χ1n) is 10.1. The number of aliphatic hydroxyl groups excluding tert-OH is 1. The summed E-state index contributed by atoms with van der Waals surface area (Å²) in [7, 11) is 0. The summed E-state index contributed by atoms with van der Waals surface area (Å²) >= 11 is 0. The molecule has 1 aliphatic carbocycles. The lowest BCUT2D eigenvalue weighted by molar-refractivity contribution is 0.0984. The summed E-state index contributed by atoms with van der Waals surface area (Å²) in [6.45, 7) is 3.91. The smallest absolute Gasteiger partial charge is 0.258 e. The van der Waals surface area contributed by atoms with Gasteiger partial charge < -0.3 is 19.2 Å². The zero-order chi connectivity index (χ0) is 21.8. The third kappa shape index (κ3) is 4.27. The summed E-state index contributed by atoms with van der Waals surface area (Å²) in [6, 6.07) is 13.2. The largest absolute Gasteiger partial charge is 0.490 e. The Morgan fingerprint density at radius 1 is 1.23 bits per heavy atom. The Labute approximate surface area is 179 Å². The van der Waals surface area contributed by atoms with Gasteiger partial charge in [0.25, 0.3) is 5.89 Å². The van der Waals surface area contributed by atoms with Crippen LogP contribution in [0.4, 0.5) is 0 Å². The van der Waals surface area contributed by atoms with E-state index in [2.05, 4.69) is 21.4 Å². The number of oxime groups is 1. The van der Waals surface area contributed by atoms with Crippen LogP contribution in [0.3, 0.4) is 0 Å². The van der Waals surface area contributed by atoms with Gasteiger partial charge in [-0.15, -0.1) is 0 Å². The van der Waals surface area contributed by atoms with Crippen LogP contribution >= 0.6 is 0 Å². The standard InChI is InChI=1S/C23H22N4O4/c1-14(2)30-21-9-6-15(12-16(21)13-24)23-25-22(27-31-23)19-5-3-4-18-17(19)7-8-20(18)26-29-11-10-28/h3-6,9,12,14,28H,7-8,10-11H2,1-2H3/b26-20-. The van der Waals surface area contributed by atoms with Crippen molar-refractivity contribution in [3.8, 4) is 34.7 Å². The van der Waals surface area contributed by atoms with Gasteiger partial charge in [0.1, 0.15) is 18.4 Å². The molecule has 0 bridgehead atoms. The van der Waals surface area contributed by atoms with Gasteiger partial charge in [-0.25, -0.2) is 0 Å². The Morgan fingerprint density at radius 2 is 2.06 bits per heavy atom. The summed E-state index contributed by atoms with van der Waals surface area (Å²) in [4.78, 5) is 9.70. The highest BCUT2D eigenvalue weighted by Crippen LogP contribution is 2.33. The fourth-order valence-corrected chi connectivity index (χ4v) is 3.53. The van der Waals surface area contributed by atoms with Crippen LogP contribution in [0.25, 0.3) is 22.8 Å². The third-order valence-electron chi connectivity index (χ3n) is 4.83. The third-order valence-corrected chi connectivity index (χ3v) is 4.83. The number of hydrogen-bond donors (Lipinski definition) is 1. The second kappa shape index (κ2) is 8.98. The van der Waals surface area contributed by atoms with Gasteiger partial charge in [-0.05, 0) is 50.5 Å². The van der Waals surface area contributed by atoms with Crippen LogP contribution in [0.15, 0.2) is 46.1 Å². The van der Waals surface area contributed by atoms with Crippen LogP contribution in [-0.2, 0) is 11.3 Å². The van der Waals surface area contributed by atoms with Crippen molar-refractivity contribution in [3.05, 3.63) is 53.1 Å². The minimum Gasteiger partial charge on any atom is -0.490 e. The topological polar surface area (TPSA) is 114 Å². The van der Waals surface area contributed by atoms with Crippen molar-refractivity contribution in [2.45, 2.75) is 32.8 Å². The second-order valence-corrected chi connectivity index (χ2v) is 7.34. The number of fused-ring (bicyclic) bond motifs is 1. The average Bonchev–Trinajstić information content (AvgIpc) is 3.41. The summed E-state index contributed by atoms with van der Waals surface area (Å²) in [5, 5.41) is 26.6. The van der Waals surface area contributed by atoms with Crippen molar-refractivity contribution >= 4 is 5.71 Å². The van der Waals surface area contributed by atoms with Crippen LogP contribution in [0.5, 0.6) is 5.75 Å². The maximum absolute atomic E-state index is 9.46. The van der Waals surface area contributed by atoms with Crippen molar-refractivity contribution in [1.29, 1.82) is 5.26 Å². The van der Waals surface area contributed by atoms with Gasteiger partial charge in [-0.2, -0.15) is 10.2 Å². The Hall–Kier alpha value is -3.70. The first-order chi connectivity index (χ1) is 15.1. The number of ether oxygens (including phenoxy) is 1. The molecule has 1 heterocycles. The number of benzene rings is 2. The highest BCUT2D eigenvalue weighted by Gasteiger charge is 2.24. The number of aromatic nitrogens is 2. The molecule has 1 aromatic heterocycles. The van der Waals surface area contributed by atoms with E-state index in [1.807, 2.05) is 32.0 Å². The number of nitriles is 1. The predicted molar refractivity (Wildman–Crippen MR) is 114 cm³/mol. The zero-order valence-electron chi connectivity index (χ0n) is 17.3. The second-order valence-electron chi connectivity index (χ2n) is 7.34. The van der Waals surface area contributed by atoms with Crippen LogP contribution in [0, 0.1) is 11.3 Å². The minimum atomic E-state index is -0.0760. The fourth-order valence-electron chi connectivity index (χ4n) is 3.53. The Kier molecular flexibility index (Phi) is 5.96. The molecule has 31 heavy (non-hydrogen) atoms. The molecule has 0 atom stereocenters. The van der Waals surface area contributed by atoms with E-state index in [1.54, 1.807) is 18.2 Å². The lowest BCUT2D eigenvalue weighted by Crippen LogP contribution is -2.06. The number of rotatable bonds is 7. The lowest BCUT2D eigenvalue weighted by atomic mass is 10.0. The molecule has 4 rings (SSSR count). The van der Waals surface area contributed by atoms with E-state index < -0.39 is 0 Å². The molecular formula is C23H22N4O4. The summed E-state index contributed by atoms with van der Waals surface area (Å²) in [5.41, 5.74) is 4.85. The van der Waals surface area contributed by atoms with Gasteiger partial charge in [-0.3, -0.25) is 0 Å². The van der Waals surface area contributed by atoms with Crippen LogP contribution < -0.4 is 4.74 Å². The van der Waals surface area contributed by atoms with Gasteiger partial charge in [-0.1, -0.05) is 28.5 Å². The van der Waals surface area contributed by atoms with E-state index in [-0.39, 0.29) is 19.3 Å². The first kappa shape index (κ1) is 20.6. The maximum Gasteiger partial charge on any atom is 0.258 e. The molecule has 0 fully saturated rings. The maximum atomic E-state index is 9.46. The molecule has 0 aliphatic heterocycles. The predicted octanol–water partition coefficient (Wildman–Crippen LogP) is 3.72. The Morgan fingerprint density at radius 3 is 2.84 bits per heavy atom. The van der Waals surface area contributed by atoms with Gasteiger partial charge in [0.2, 0.25) is 5.82 Å². The molecule has 0 saturated heterocycles. The number of nitrogens with zero attached hydrogens (tertiary/aromatic N) is 4. The molecule has 1 N–H and O–H groups in total. The van der Waals surface area contributed by atoms with Crippen molar-refractivity contribution in [1.82, 2.24) is 10.1 Å². The molecule has 8 nitrogen and oxygen atoms in total. The van der Waals surface area contributed by atoms with E-state index in [0.717, 1.165) is 35.2 Å². The number of aliphatic hydroxyl groups is 1. The summed E-state index contributed by atoms with van der Waals surface area (Å²) < 4.78 is 11.2. The molecule has 0 saturated carbocycles. The molecule has 8 heteroatoms. The molecule has 0 amide bonds. The van der Waals surface area contributed by atoms with Gasteiger partial charge >= 0.3 is 0 Å². The average molecular weight is 418 g/mol. The highest BCUT2D eigenvalue weighted by molar-refractivity contribution is 6.05.